The molecular formula is C20H25NO4. The van der Waals surface area contributed by atoms with E-state index < -0.39 is 6.10 Å². The van der Waals surface area contributed by atoms with Gasteiger partial charge in [0.2, 0.25) is 0 Å². The summed E-state index contributed by atoms with van der Waals surface area (Å²) < 4.78 is 10.7. The standard InChI is InChI=1S/C20H25NO4/c1-12-9-10-17-16(11-18(25-17)20(23)24-2)21(12)19(22)15-8-4-6-13-5-3-7-14(13)15/h4,6,8,12,16-18H,3,5,7,9-11H2,1-2H3/t12-,16+,17+,18-/m0/s1. The maximum absolute atomic E-state index is 13.4. The van der Waals surface area contributed by atoms with Crippen LogP contribution in [0.4, 0.5) is 0 Å². The highest BCUT2D eigenvalue weighted by Gasteiger charge is 2.48. The zero-order valence-electron chi connectivity index (χ0n) is 14.9. The molecule has 134 valence electrons. The molecule has 3 aliphatic rings. The summed E-state index contributed by atoms with van der Waals surface area (Å²) in [7, 11) is 1.38. The molecule has 2 fully saturated rings. The van der Waals surface area contributed by atoms with Crippen molar-refractivity contribution in [2.45, 2.75) is 69.7 Å². The number of likely N-dealkylation sites (tertiary alicyclic amines) is 1. The van der Waals surface area contributed by atoms with E-state index in [1.165, 1.54) is 18.2 Å². The summed E-state index contributed by atoms with van der Waals surface area (Å²) in [4.78, 5) is 27.3. The predicted octanol–water partition coefficient (Wildman–Crippen LogP) is 2.50. The van der Waals surface area contributed by atoms with Crippen LogP contribution in [0, 0.1) is 0 Å². The zero-order valence-corrected chi connectivity index (χ0v) is 14.9. The third kappa shape index (κ3) is 2.74. The van der Waals surface area contributed by atoms with Gasteiger partial charge in [0.1, 0.15) is 0 Å². The Hall–Kier alpha value is -1.88. The topological polar surface area (TPSA) is 55.8 Å². The van der Waals surface area contributed by atoms with Crippen molar-refractivity contribution in [1.29, 1.82) is 0 Å². The van der Waals surface area contributed by atoms with E-state index in [-0.39, 0.29) is 30.1 Å². The summed E-state index contributed by atoms with van der Waals surface area (Å²) in [5.74, 6) is -0.245. The highest BCUT2D eigenvalue weighted by atomic mass is 16.6. The molecule has 25 heavy (non-hydrogen) atoms. The molecule has 1 aliphatic carbocycles. The van der Waals surface area contributed by atoms with Crippen molar-refractivity contribution in [2.75, 3.05) is 7.11 Å². The van der Waals surface area contributed by atoms with E-state index in [0.717, 1.165) is 37.7 Å². The third-order valence-corrected chi connectivity index (χ3v) is 6.00. The smallest absolute Gasteiger partial charge is 0.335 e. The molecule has 1 amide bonds. The fourth-order valence-electron chi connectivity index (χ4n) is 4.75. The molecule has 0 bridgehead atoms. The fraction of sp³-hybridized carbons (Fsp3) is 0.600. The lowest BCUT2D eigenvalue weighted by Gasteiger charge is -2.41. The van der Waals surface area contributed by atoms with Crippen LogP contribution >= 0.6 is 0 Å². The Balaban J connectivity index is 1.63. The third-order valence-electron chi connectivity index (χ3n) is 6.00. The maximum Gasteiger partial charge on any atom is 0.335 e. The molecule has 2 heterocycles. The van der Waals surface area contributed by atoms with Gasteiger partial charge in [0, 0.05) is 18.0 Å². The molecule has 0 N–H and O–H groups in total. The summed E-state index contributed by atoms with van der Waals surface area (Å²) in [6.45, 7) is 2.10. The normalized spacial score (nSPS) is 30.7. The first-order valence-corrected chi connectivity index (χ1v) is 9.27. The average Bonchev–Trinajstić information content (AvgIpc) is 3.26. The van der Waals surface area contributed by atoms with Crippen LogP contribution in [0.2, 0.25) is 0 Å². The molecule has 4 rings (SSSR count). The number of carbonyl (C=O) groups excluding carboxylic acids is 2. The van der Waals surface area contributed by atoms with Gasteiger partial charge in [-0.15, -0.1) is 0 Å². The second-order valence-electron chi connectivity index (χ2n) is 7.42. The SMILES string of the molecule is COC(=O)[C@@H]1C[C@@H]2[C@@H](CC[C@H](C)N2C(=O)c2cccc3c2CCC3)O1. The number of piperidine rings is 1. The number of hydrogen-bond acceptors (Lipinski definition) is 4. The van der Waals surface area contributed by atoms with Crippen LogP contribution in [0.25, 0.3) is 0 Å². The molecular weight excluding hydrogens is 318 g/mol. The Morgan fingerprint density at radius 3 is 2.88 bits per heavy atom. The monoisotopic (exact) mass is 343 g/mol. The number of rotatable bonds is 2. The first-order chi connectivity index (χ1) is 12.1. The highest BCUT2D eigenvalue weighted by Crippen LogP contribution is 2.37. The second kappa shape index (κ2) is 6.45. The lowest BCUT2D eigenvalue weighted by molar-refractivity contribution is -0.153. The molecule has 0 saturated carbocycles. The molecule has 5 nitrogen and oxygen atoms in total. The molecule has 5 heteroatoms. The van der Waals surface area contributed by atoms with E-state index in [0.29, 0.717) is 6.42 Å². The predicted molar refractivity (Wildman–Crippen MR) is 92.4 cm³/mol. The number of hydrogen-bond donors (Lipinski definition) is 0. The van der Waals surface area contributed by atoms with Crippen LogP contribution in [0.1, 0.15) is 54.1 Å². The van der Waals surface area contributed by atoms with Crippen LogP contribution < -0.4 is 0 Å². The number of aryl methyl sites for hydroxylation is 1. The molecule has 2 aliphatic heterocycles. The van der Waals surface area contributed by atoms with Gasteiger partial charge < -0.3 is 14.4 Å². The van der Waals surface area contributed by atoms with E-state index in [2.05, 4.69) is 13.0 Å². The molecule has 4 atom stereocenters. The number of ether oxygens (including phenoxy) is 2. The van der Waals surface area contributed by atoms with Gasteiger partial charge in [-0.3, -0.25) is 4.79 Å². The number of carbonyl (C=O) groups is 2. The van der Waals surface area contributed by atoms with Gasteiger partial charge in [0.15, 0.2) is 6.10 Å². The summed E-state index contributed by atoms with van der Waals surface area (Å²) >= 11 is 0. The minimum atomic E-state index is -0.554. The number of fused-ring (bicyclic) bond motifs is 2. The first-order valence-electron chi connectivity index (χ1n) is 9.27. The number of benzene rings is 1. The van der Waals surface area contributed by atoms with Crippen LogP contribution in [0.15, 0.2) is 18.2 Å². The van der Waals surface area contributed by atoms with E-state index in [1.54, 1.807) is 0 Å². The molecule has 0 aromatic heterocycles. The summed E-state index contributed by atoms with van der Waals surface area (Å²) in [5, 5.41) is 0. The van der Waals surface area contributed by atoms with Gasteiger partial charge in [-0.05, 0) is 56.2 Å². The van der Waals surface area contributed by atoms with Gasteiger partial charge in [0.05, 0.1) is 19.3 Å². The zero-order chi connectivity index (χ0) is 17.6. The Kier molecular flexibility index (Phi) is 4.28. The quantitative estimate of drug-likeness (QED) is 0.774. The fourth-order valence-corrected chi connectivity index (χ4v) is 4.75. The van der Waals surface area contributed by atoms with Gasteiger partial charge in [-0.2, -0.15) is 0 Å². The molecule has 1 aromatic carbocycles. The molecule has 0 unspecified atom stereocenters. The van der Waals surface area contributed by atoms with Crippen molar-refractivity contribution < 1.29 is 19.1 Å². The van der Waals surface area contributed by atoms with Gasteiger partial charge >= 0.3 is 5.97 Å². The van der Waals surface area contributed by atoms with Crippen LogP contribution in [0.3, 0.4) is 0 Å². The van der Waals surface area contributed by atoms with E-state index in [9.17, 15) is 9.59 Å². The van der Waals surface area contributed by atoms with Crippen molar-refractivity contribution in [3.8, 4) is 0 Å². The summed E-state index contributed by atoms with van der Waals surface area (Å²) in [5.41, 5.74) is 3.36. The van der Waals surface area contributed by atoms with E-state index >= 15 is 0 Å². The lowest BCUT2D eigenvalue weighted by atomic mass is 9.91. The van der Waals surface area contributed by atoms with E-state index in [1.807, 2.05) is 17.0 Å². The first kappa shape index (κ1) is 16.6. The maximum atomic E-state index is 13.4. The van der Waals surface area contributed by atoms with E-state index in [4.69, 9.17) is 9.47 Å². The van der Waals surface area contributed by atoms with Crippen molar-refractivity contribution in [3.63, 3.8) is 0 Å². The molecule has 0 radical (unpaired) electrons. The van der Waals surface area contributed by atoms with Gasteiger partial charge in [0.25, 0.3) is 5.91 Å². The average molecular weight is 343 g/mol. The molecule has 0 spiro atoms. The van der Waals surface area contributed by atoms with Gasteiger partial charge in [-0.25, -0.2) is 4.79 Å². The summed E-state index contributed by atoms with van der Waals surface area (Å²) in [6.07, 6.45) is 4.85. The number of methoxy groups -OCH3 is 1. The van der Waals surface area contributed by atoms with Crippen molar-refractivity contribution in [1.82, 2.24) is 4.90 Å². The van der Waals surface area contributed by atoms with Crippen LogP contribution in [-0.2, 0) is 27.1 Å². The van der Waals surface area contributed by atoms with Crippen LogP contribution in [-0.4, -0.2) is 48.2 Å². The lowest BCUT2D eigenvalue weighted by Crippen LogP contribution is -2.53. The van der Waals surface area contributed by atoms with Gasteiger partial charge in [-0.1, -0.05) is 12.1 Å². The number of nitrogens with zero attached hydrogens (tertiary/aromatic N) is 1. The molecule has 2 saturated heterocycles. The number of amides is 1. The Morgan fingerprint density at radius 2 is 2.08 bits per heavy atom. The molecule has 1 aromatic rings. The summed E-state index contributed by atoms with van der Waals surface area (Å²) in [6, 6.07) is 6.19. The number of esters is 1. The van der Waals surface area contributed by atoms with Crippen molar-refractivity contribution in [3.05, 3.63) is 34.9 Å². The minimum Gasteiger partial charge on any atom is -0.467 e. The van der Waals surface area contributed by atoms with Crippen molar-refractivity contribution in [2.24, 2.45) is 0 Å². The van der Waals surface area contributed by atoms with Crippen LogP contribution in [0.5, 0.6) is 0 Å². The van der Waals surface area contributed by atoms with Crippen molar-refractivity contribution >= 4 is 11.9 Å². The Morgan fingerprint density at radius 1 is 1.24 bits per heavy atom. The second-order valence-corrected chi connectivity index (χ2v) is 7.42. The highest BCUT2D eigenvalue weighted by molar-refractivity contribution is 5.97. The Labute approximate surface area is 148 Å². The largest absolute Gasteiger partial charge is 0.467 e. The Bertz CT molecular complexity index is 701. The minimum absolute atomic E-state index is 0.0439.